The van der Waals surface area contributed by atoms with Crippen molar-refractivity contribution in [2.45, 2.75) is 38.0 Å². The van der Waals surface area contributed by atoms with Crippen LogP contribution in [-0.4, -0.2) is 42.3 Å². The smallest absolute Gasteiger partial charge is 0.225 e. The van der Waals surface area contributed by atoms with Gasteiger partial charge < -0.3 is 19.5 Å². The third-order valence-electron chi connectivity index (χ3n) is 5.11. The highest BCUT2D eigenvalue weighted by Gasteiger charge is 2.34. The monoisotopic (exact) mass is 369 g/mol. The lowest BCUT2D eigenvalue weighted by molar-refractivity contribution is -0.140. The van der Waals surface area contributed by atoms with Crippen LogP contribution in [0.15, 0.2) is 54.6 Å². The second-order valence-corrected chi connectivity index (χ2v) is 7.10. The quantitative estimate of drug-likeness (QED) is 0.845. The number of hydrogen-bond acceptors (Lipinski definition) is 4. The first-order chi connectivity index (χ1) is 13.1. The molecule has 2 aromatic carbocycles. The molecule has 1 amide bonds. The highest BCUT2D eigenvalue weighted by molar-refractivity contribution is 5.78. The molecule has 0 spiro atoms. The molecule has 5 nitrogen and oxygen atoms in total. The third-order valence-corrected chi connectivity index (χ3v) is 5.11. The minimum absolute atomic E-state index is 0.0935. The predicted molar refractivity (Wildman–Crippen MR) is 104 cm³/mol. The van der Waals surface area contributed by atoms with Crippen molar-refractivity contribution in [2.24, 2.45) is 5.92 Å². The molecule has 0 unspecified atom stereocenters. The summed E-state index contributed by atoms with van der Waals surface area (Å²) in [5, 5.41) is 9.91. The predicted octanol–water partition coefficient (Wildman–Crippen LogP) is 3.61. The highest BCUT2D eigenvalue weighted by atomic mass is 16.5. The fourth-order valence-electron chi connectivity index (χ4n) is 3.54. The van der Waals surface area contributed by atoms with Crippen molar-refractivity contribution in [2.75, 3.05) is 14.2 Å². The Morgan fingerprint density at radius 3 is 2.41 bits per heavy atom. The van der Waals surface area contributed by atoms with Crippen LogP contribution < -0.4 is 4.74 Å². The van der Waals surface area contributed by atoms with Crippen molar-refractivity contribution < 1.29 is 19.4 Å². The van der Waals surface area contributed by atoms with Crippen LogP contribution in [-0.2, 0) is 16.1 Å². The van der Waals surface area contributed by atoms with E-state index in [4.69, 9.17) is 9.47 Å². The fraction of sp³-hybridized carbons (Fsp3) is 0.409. The van der Waals surface area contributed by atoms with Gasteiger partial charge in [0.15, 0.2) is 0 Å². The van der Waals surface area contributed by atoms with Crippen LogP contribution in [0.5, 0.6) is 11.5 Å². The minimum atomic E-state index is -0.471. The van der Waals surface area contributed by atoms with Crippen LogP contribution >= 0.6 is 0 Å². The lowest BCUT2D eigenvalue weighted by Gasteiger charge is -2.33. The third kappa shape index (κ3) is 5.08. The zero-order chi connectivity index (χ0) is 19.2. The largest absolute Gasteiger partial charge is 0.457 e. The van der Waals surface area contributed by atoms with Crippen LogP contribution in [0.2, 0.25) is 0 Å². The summed E-state index contributed by atoms with van der Waals surface area (Å²) in [6, 6.07) is 17.4. The maximum absolute atomic E-state index is 12.7. The van der Waals surface area contributed by atoms with Crippen molar-refractivity contribution in [3.8, 4) is 11.5 Å². The van der Waals surface area contributed by atoms with Gasteiger partial charge in [0.05, 0.1) is 12.2 Å². The van der Waals surface area contributed by atoms with Gasteiger partial charge in [0.2, 0.25) is 5.91 Å². The van der Waals surface area contributed by atoms with E-state index in [1.165, 1.54) is 0 Å². The van der Waals surface area contributed by atoms with E-state index in [-0.39, 0.29) is 17.9 Å². The number of aliphatic hydroxyl groups excluding tert-OH is 1. The number of methoxy groups -OCH3 is 1. The number of benzene rings is 2. The van der Waals surface area contributed by atoms with E-state index in [1.807, 2.05) is 61.6 Å². The Balaban J connectivity index is 1.55. The van der Waals surface area contributed by atoms with Gasteiger partial charge in [0, 0.05) is 26.6 Å². The molecular formula is C22H27NO4. The summed E-state index contributed by atoms with van der Waals surface area (Å²) < 4.78 is 11.1. The molecular weight excluding hydrogens is 342 g/mol. The average Bonchev–Trinajstić information content (AvgIpc) is 2.70. The SMILES string of the molecule is CO[C@@H]1C[C@H](C(=O)N(C)Cc2ccc(Oc3ccccc3)cc2)CC[C@@H]1O. The highest BCUT2D eigenvalue weighted by Crippen LogP contribution is 2.28. The van der Waals surface area contributed by atoms with Crippen LogP contribution in [0.1, 0.15) is 24.8 Å². The molecule has 3 rings (SSSR count). The summed E-state index contributed by atoms with van der Waals surface area (Å²) in [7, 11) is 3.41. The van der Waals surface area contributed by atoms with E-state index in [0.29, 0.717) is 25.8 Å². The maximum Gasteiger partial charge on any atom is 0.225 e. The Labute approximate surface area is 160 Å². The van der Waals surface area contributed by atoms with E-state index < -0.39 is 6.10 Å². The van der Waals surface area contributed by atoms with E-state index in [9.17, 15) is 9.90 Å². The van der Waals surface area contributed by atoms with E-state index in [0.717, 1.165) is 17.1 Å². The first-order valence-corrected chi connectivity index (χ1v) is 9.34. The van der Waals surface area contributed by atoms with Gasteiger partial charge in [-0.05, 0) is 49.1 Å². The molecule has 0 saturated heterocycles. The number of para-hydroxylation sites is 1. The van der Waals surface area contributed by atoms with Crippen LogP contribution in [0.25, 0.3) is 0 Å². The first-order valence-electron chi connectivity index (χ1n) is 9.34. The number of hydrogen-bond donors (Lipinski definition) is 1. The molecule has 1 N–H and O–H groups in total. The van der Waals surface area contributed by atoms with Crippen molar-refractivity contribution in [1.29, 1.82) is 0 Å². The normalized spacial score (nSPS) is 22.3. The van der Waals surface area contributed by atoms with E-state index in [1.54, 1.807) is 12.0 Å². The summed E-state index contributed by atoms with van der Waals surface area (Å²) in [6.45, 7) is 0.543. The molecule has 144 valence electrons. The molecule has 3 atom stereocenters. The molecule has 27 heavy (non-hydrogen) atoms. The van der Waals surface area contributed by atoms with Crippen LogP contribution in [0.3, 0.4) is 0 Å². The summed E-state index contributed by atoms with van der Waals surface area (Å²) >= 11 is 0. The number of nitrogens with zero attached hydrogens (tertiary/aromatic N) is 1. The Kier molecular flexibility index (Phi) is 6.48. The van der Waals surface area contributed by atoms with Crippen molar-refractivity contribution in [1.82, 2.24) is 4.90 Å². The summed E-state index contributed by atoms with van der Waals surface area (Å²) in [5.41, 5.74) is 1.05. The molecule has 2 aromatic rings. The molecule has 0 heterocycles. The molecule has 0 aromatic heterocycles. The lowest BCUT2D eigenvalue weighted by atomic mass is 9.84. The molecule has 1 aliphatic carbocycles. The summed E-state index contributed by atoms with van der Waals surface area (Å²) in [6.07, 6.45) is 1.16. The second-order valence-electron chi connectivity index (χ2n) is 7.10. The molecule has 5 heteroatoms. The topological polar surface area (TPSA) is 59.0 Å². The van der Waals surface area contributed by atoms with Gasteiger partial charge in [-0.2, -0.15) is 0 Å². The van der Waals surface area contributed by atoms with E-state index >= 15 is 0 Å². The van der Waals surface area contributed by atoms with Gasteiger partial charge in [0.1, 0.15) is 11.5 Å². The zero-order valence-electron chi connectivity index (χ0n) is 15.9. The maximum atomic E-state index is 12.7. The Morgan fingerprint density at radius 2 is 1.74 bits per heavy atom. The van der Waals surface area contributed by atoms with Gasteiger partial charge in [0.25, 0.3) is 0 Å². The molecule has 0 bridgehead atoms. The van der Waals surface area contributed by atoms with Gasteiger partial charge >= 0.3 is 0 Å². The Bertz CT molecular complexity index is 732. The second kappa shape index (κ2) is 9.02. The number of carbonyl (C=O) groups is 1. The van der Waals surface area contributed by atoms with Crippen LogP contribution in [0.4, 0.5) is 0 Å². The molecule has 0 aliphatic heterocycles. The van der Waals surface area contributed by atoms with Crippen molar-refractivity contribution in [3.05, 3.63) is 60.2 Å². The number of amides is 1. The minimum Gasteiger partial charge on any atom is -0.457 e. The average molecular weight is 369 g/mol. The lowest BCUT2D eigenvalue weighted by Crippen LogP contribution is -2.41. The van der Waals surface area contributed by atoms with Gasteiger partial charge in [-0.25, -0.2) is 0 Å². The first kappa shape index (κ1) is 19.4. The standard InChI is InChI=1S/C22H27NO4/c1-23(22(25)17-10-13-20(24)21(14-17)26-2)15-16-8-11-19(12-9-16)27-18-6-4-3-5-7-18/h3-9,11-12,17,20-21,24H,10,13-15H2,1-2H3/t17-,20+,21-/m1/s1. The zero-order valence-corrected chi connectivity index (χ0v) is 15.9. The van der Waals surface area contributed by atoms with Gasteiger partial charge in [-0.1, -0.05) is 30.3 Å². The van der Waals surface area contributed by atoms with Crippen molar-refractivity contribution >= 4 is 5.91 Å². The molecule has 1 aliphatic rings. The Hall–Kier alpha value is -2.37. The number of aliphatic hydroxyl groups is 1. The molecule has 0 radical (unpaired) electrons. The number of ether oxygens (including phenoxy) is 2. The van der Waals surface area contributed by atoms with Crippen LogP contribution in [0, 0.1) is 5.92 Å². The Morgan fingerprint density at radius 1 is 1.07 bits per heavy atom. The summed E-state index contributed by atoms with van der Waals surface area (Å²) in [5.74, 6) is 1.57. The molecule has 1 saturated carbocycles. The number of carbonyl (C=O) groups excluding carboxylic acids is 1. The fourth-order valence-corrected chi connectivity index (χ4v) is 3.54. The van der Waals surface area contributed by atoms with Gasteiger partial charge in [-0.15, -0.1) is 0 Å². The summed E-state index contributed by atoms with van der Waals surface area (Å²) in [4.78, 5) is 14.5. The van der Waals surface area contributed by atoms with Crippen molar-refractivity contribution in [3.63, 3.8) is 0 Å². The molecule has 1 fully saturated rings. The number of rotatable bonds is 6. The van der Waals surface area contributed by atoms with Gasteiger partial charge in [-0.3, -0.25) is 4.79 Å². The van der Waals surface area contributed by atoms with E-state index in [2.05, 4.69) is 0 Å².